The molecule has 1 saturated carbocycles. The fourth-order valence-electron chi connectivity index (χ4n) is 1.98. The molecule has 0 aromatic carbocycles. The number of sulfonamides is 1. The lowest BCUT2D eigenvalue weighted by atomic mass is 10.3. The molecule has 1 atom stereocenters. The smallest absolute Gasteiger partial charge is 0.244 e. The zero-order valence-corrected chi connectivity index (χ0v) is 13.4. The summed E-state index contributed by atoms with van der Waals surface area (Å²) < 4.78 is 31.7. The lowest BCUT2D eigenvalue weighted by Crippen LogP contribution is -2.28. The highest BCUT2D eigenvalue weighted by atomic mass is 32.2. The lowest BCUT2D eigenvalue weighted by Gasteiger charge is -2.10. The molecule has 0 spiro atoms. The summed E-state index contributed by atoms with van der Waals surface area (Å²) in [6, 6.07) is -0.417. The number of rotatable bonds is 6. The Hall–Kier alpha value is -1.32. The van der Waals surface area contributed by atoms with Gasteiger partial charge in [0.25, 0.3) is 10.0 Å². The summed E-state index contributed by atoms with van der Waals surface area (Å²) in [7, 11) is -3.76. The van der Waals surface area contributed by atoms with Crippen molar-refractivity contribution in [3.05, 3.63) is 21.8 Å². The predicted octanol–water partition coefficient (Wildman–Crippen LogP) is 2.01. The molecule has 1 aliphatic carbocycles. The van der Waals surface area contributed by atoms with Gasteiger partial charge < -0.3 is 0 Å². The van der Waals surface area contributed by atoms with E-state index in [0.717, 1.165) is 10.7 Å². The summed E-state index contributed by atoms with van der Waals surface area (Å²) in [4.78, 5) is 4.51. The normalized spacial score (nSPS) is 17.0. The SMILES string of the molecule is CCc1nonc1S(=O)(=O)NC(C)c1csc(C2CC2)n1. The van der Waals surface area contributed by atoms with E-state index in [4.69, 9.17) is 0 Å². The van der Waals surface area contributed by atoms with Crippen LogP contribution < -0.4 is 4.72 Å². The first-order valence-corrected chi connectivity index (χ1v) is 9.16. The van der Waals surface area contributed by atoms with Crippen LogP contribution in [-0.2, 0) is 16.4 Å². The van der Waals surface area contributed by atoms with Gasteiger partial charge in [0.1, 0.15) is 5.69 Å². The fraction of sp³-hybridized carbons (Fsp3) is 0.583. The Morgan fingerprint density at radius 3 is 2.90 bits per heavy atom. The maximum Gasteiger partial charge on any atom is 0.264 e. The molecule has 2 aromatic heterocycles. The van der Waals surface area contributed by atoms with E-state index in [1.54, 1.807) is 25.2 Å². The van der Waals surface area contributed by atoms with Crippen molar-refractivity contribution in [3.63, 3.8) is 0 Å². The van der Waals surface area contributed by atoms with Crippen molar-refractivity contribution in [2.75, 3.05) is 0 Å². The van der Waals surface area contributed by atoms with Gasteiger partial charge in [-0.25, -0.2) is 22.8 Å². The molecule has 0 amide bonds. The first kappa shape index (κ1) is 14.6. The Balaban J connectivity index is 1.77. The van der Waals surface area contributed by atoms with Crippen LogP contribution in [0, 0.1) is 0 Å². The predicted molar refractivity (Wildman–Crippen MR) is 76.5 cm³/mol. The van der Waals surface area contributed by atoms with Crippen molar-refractivity contribution in [2.45, 2.75) is 50.1 Å². The first-order chi connectivity index (χ1) is 10.0. The third-order valence-electron chi connectivity index (χ3n) is 3.35. The summed E-state index contributed by atoms with van der Waals surface area (Å²) in [5, 5.41) is 9.94. The van der Waals surface area contributed by atoms with E-state index in [1.165, 1.54) is 12.8 Å². The van der Waals surface area contributed by atoms with Crippen LogP contribution >= 0.6 is 11.3 Å². The minimum absolute atomic E-state index is 0.144. The molecule has 1 N–H and O–H groups in total. The molecule has 114 valence electrons. The molecular weight excluding hydrogens is 312 g/mol. The van der Waals surface area contributed by atoms with Gasteiger partial charge in [-0.05, 0) is 31.3 Å². The van der Waals surface area contributed by atoms with E-state index in [-0.39, 0.29) is 5.03 Å². The van der Waals surface area contributed by atoms with Gasteiger partial charge >= 0.3 is 0 Å². The van der Waals surface area contributed by atoms with E-state index in [0.29, 0.717) is 18.0 Å². The van der Waals surface area contributed by atoms with Crippen LogP contribution in [-0.4, -0.2) is 23.7 Å². The second-order valence-electron chi connectivity index (χ2n) is 5.10. The Labute approximate surface area is 126 Å². The van der Waals surface area contributed by atoms with Crippen LogP contribution in [0.15, 0.2) is 15.0 Å². The van der Waals surface area contributed by atoms with Crippen molar-refractivity contribution in [1.82, 2.24) is 20.0 Å². The molecule has 9 heteroatoms. The Morgan fingerprint density at radius 2 is 2.24 bits per heavy atom. The zero-order chi connectivity index (χ0) is 15.0. The third-order valence-corrected chi connectivity index (χ3v) is 5.86. The van der Waals surface area contributed by atoms with Crippen LogP contribution in [0.5, 0.6) is 0 Å². The quantitative estimate of drug-likeness (QED) is 0.871. The van der Waals surface area contributed by atoms with E-state index in [9.17, 15) is 8.42 Å². The van der Waals surface area contributed by atoms with Crippen molar-refractivity contribution >= 4 is 21.4 Å². The fourth-order valence-corrected chi connectivity index (χ4v) is 4.39. The van der Waals surface area contributed by atoms with Crippen LogP contribution in [0.1, 0.15) is 55.0 Å². The molecule has 3 rings (SSSR count). The maximum atomic E-state index is 12.3. The molecule has 0 saturated heterocycles. The van der Waals surface area contributed by atoms with Crippen LogP contribution in [0.3, 0.4) is 0 Å². The Kier molecular flexibility index (Phi) is 3.80. The van der Waals surface area contributed by atoms with Crippen molar-refractivity contribution < 1.29 is 13.0 Å². The average Bonchev–Trinajstić information content (AvgIpc) is 3.00. The summed E-state index contributed by atoms with van der Waals surface area (Å²) >= 11 is 1.59. The number of aromatic nitrogens is 3. The molecule has 2 heterocycles. The Morgan fingerprint density at radius 1 is 1.48 bits per heavy atom. The molecule has 0 bridgehead atoms. The highest BCUT2D eigenvalue weighted by Crippen LogP contribution is 2.41. The molecule has 21 heavy (non-hydrogen) atoms. The zero-order valence-electron chi connectivity index (χ0n) is 11.7. The first-order valence-electron chi connectivity index (χ1n) is 6.80. The van der Waals surface area contributed by atoms with E-state index >= 15 is 0 Å². The third kappa shape index (κ3) is 2.99. The summed E-state index contributed by atoms with van der Waals surface area (Å²) in [6.07, 6.45) is 2.80. The van der Waals surface area contributed by atoms with Crippen molar-refractivity contribution in [3.8, 4) is 0 Å². The largest absolute Gasteiger partial charge is 0.264 e. The highest BCUT2D eigenvalue weighted by molar-refractivity contribution is 7.89. The molecular formula is C12H16N4O3S2. The average molecular weight is 328 g/mol. The lowest BCUT2D eigenvalue weighted by molar-refractivity contribution is 0.295. The summed E-state index contributed by atoms with van der Waals surface area (Å²) in [6.45, 7) is 3.56. The number of hydrogen-bond acceptors (Lipinski definition) is 7. The number of nitrogens with zero attached hydrogens (tertiary/aromatic N) is 3. The summed E-state index contributed by atoms with van der Waals surface area (Å²) in [5.74, 6) is 0.569. The second kappa shape index (κ2) is 5.47. The molecule has 7 nitrogen and oxygen atoms in total. The number of thiazole rings is 1. The Bertz CT molecular complexity index is 733. The van der Waals surface area contributed by atoms with E-state index < -0.39 is 16.1 Å². The maximum absolute atomic E-state index is 12.3. The van der Waals surface area contributed by atoms with Gasteiger partial charge in [-0.2, -0.15) is 0 Å². The second-order valence-corrected chi connectivity index (χ2v) is 7.62. The molecule has 0 radical (unpaired) electrons. The van der Waals surface area contributed by atoms with Crippen LogP contribution in [0.25, 0.3) is 0 Å². The molecule has 2 aromatic rings. The number of aryl methyl sites for hydroxylation is 1. The van der Waals surface area contributed by atoms with Crippen LogP contribution in [0.2, 0.25) is 0 Å². The molecule has 1 fully saturated rings. The van der Waals surface area contributed by atoms with Gasteiger partial charge in [0.15, 0.2) is 0 Å². The monoisotopic (exact) mass is 328 g/mol. The molecule has 0 aliphatic heterocycles. The minimum atomic E-state index is -3.76. The van der Waals surface area contributed by atoms with E-state index in [1.807, 2.05) is 5.38 Å². The minimum Gasteiger partial charge on any atom is -0.244 e. The van der Waals surface area contributed by atoms with Gasteiger partial charge in [-0.3, -0.25) is 0 Å². The van der Waals surface area contributed by atoms with Gasteiger partial charge in [0.2, 0.25) is 5.03 Å². The highest BCUT2D eigenvalue weighted by Gasteiger charge is 2.29. The number of nitrogens with one attached hydrogen (secondary N) is 1. The standard InChI is InChI=1S/C12H16N4O3S2/c1-3-9-12(15-19-14-9)21(17,18)16-7(2)10-6-20-11(13-10)8-4-5-8/h6-8,16H,3-5H2,1-2H3. The van der Waals surface area contributed by atoms with Gasteiger partial charge in [-0.1, -0.05) is 12.1 Å². The van der Waals surface area contributed by atoms with Crippen molar-refractivity contribution in [1.29, 1.82) is 0 Å². The van der Waals surface area contributed by atoms with Crippen LogP contribution in [0.4, 0.5) is 0 Å². The molecule has 1 unspecified atom stereocenters. The number of hydrogen-bond donors (Lipinski definition) is 1. The van der Waals surface area contributed by atoms with Crippen molar-refractivity contribution in [2.24, 2.45) is 0 Å². The van der Waals surface area contributed by atoms with Gasteiger partial charge in [-0.15, -0.1) is 11.3 Å². The molecule has 1 aliphatic rings. The van der Waals surface area contributed by atoms with E-state index in [2.05, 4.69) is 24.6 Å². The van der Waals surface area contributed by atoms with Gasteiger partial charge in [0.05, 0.1) is 16.7 Å². The summed E-state index contributed by atoms with van der Waals surface area (Å²) in [5.41, 5.74) is 1.06. The topological polar surface area (TPSA) is 98.0 Å². The van der Waals surface area contributed by atoms with Gasteiger partial charge in [0, 0.05) is 11.3 Å².